The molecule has 0 unspecified atom stereocenters. The molecular formula is C6H8BN. The van der Waals surface area contributed by atoms with Crippen molar-refractivity contribution in [2.24, 2.45) is 0 Å². The average molecular weight is 105 g/mol. The normalized spacial score (nSPS) is 7.62. The summed E-state index contributed by atoms with van der Waals surface area (Å²) in [6, 6.07) is 9.87. The van der Waals surface area contributed by atoms with Crippen LogP contribution in [0.4, 0.5) is 5.69 Å². The van der Waals surface area contributed by atoms with Gasteiger partial charge in [0.25, 0.3) is 0 Å². The van der Waals surface area contributed by atoms with Gasteiger partial charge in [-0.2, -0.15) is 0 Å². The molecule has 0 aliphatic heterocycles. The fourth-order valence-electron chi connectivity index (χ4n) is 0.478. The highest BCUT2D eigenvalue weighted by Gasteiger charge is 1.77. The van der Waals surface area contributed by atoms with E-state index in [9.17, 15) is 0 Å². The predicted molar refractivity (Wildman–Crippen MR) is 34.7 cm³/mol. The van der Waals surface area contributed by atoms with E-state index in [2.05, 4.69) is 5.73 Å². The maximum atomic E-state index is 3.72. The van der Waals surface area contributed by atoms with Gasteiger partial charge in [-0.15, -0.1) is 0 Å². The molecule has 0 saturated carbocycles. The van der Waals surface area contributed by atoms with Crippen molar-refractivity contribution >= 4 is 14.1 Å². The Morgan fingerprint density at radius 3 is 1.75 bits per heavy atom. The molecule has 1 aromatic carbocycles. The second-order valence-electron chi connectivity index (χ2n) is 1.49. The number of hydrogen-bond acceptors (Lipinski definition) is 0. The first-order valence-corrected chi connectivity index (χ1v) is 2.26. The molecule has 0 heterocycles. The topological polar surface area (TPSA) is 27.6 Å². The molecule has 1 aromatic rings. The monoisotopic (exact) mass is 105 g/mol. The van der Waals surface area contributed by atoms with Crippen LogP contribution < -0.4 is 5.73 Å². The van der Waals surface area contributed by atoms with E-state index >= 15 is 0 Å². The Morgan fingerprint density at radius 2 is 1.50 bits per heavy atom. The van der Waals surface area contributed by atoms with Crippen molar-refractivity contribution in [3.8, 4) is 0 Å². The van der Waals surface area contributed by atoms with Crippen LogP contribution in [0.2, 0.25) is 0 Å². The van der Waals surface area contributed by atoms with Gasteiger partial charge in [0.2, 0.25) is 0 Å². The highest BCUT2D eigenvalue weighted by Crippen LogP contribution is 1.93. The molecule has 0 atom stereocenters. The Hall–Kier alpha value is -0.755. The number of quaternary nitrogens is 1. The van der Waals surface area contributed by atoms with Crippen molar-refractivity contribution in [1.29, 1.82) is 0 Å². The standard InChI is InChI=1S/C6H7N.B/c7-6-4-2-1-3-5-6;/h1-5H,7H2;/q;-1/p+1. The highest BCUT2D eigenvalue weighted by molar-refractivity contribution is 5.75. The molecule has 0 fully saturated rings. The molecule has 0 aromatic heterocycles. The molecule has 0 aliphatic rings. The smallest absolute Gasteiger partial charge is 0.127 e. The van der Waals surface area contributed by atoms with Gasteiger partial charge in [-0.3, -0.25) is 0 Å². The summed E-state index contributed by atoms with van der Waals surface area (Å²) < 4.78 is 0. The van der Waals surface area contributed by atoms with Crippen molar-refractivity contribution in [3.05, 3.63) is 30.3 Å². The summed E-state index contributed by atoms with van der Waals surface area (Å²) in [5.74, 6) is 0. The average Bonchev–Trinajstić information content (AvgIpc) is 1.69. The minimum atomic E-state index is 0. The molecule has 0 amide bonds. The van der Waals surface area contributed by atoms with Gasteiger partial charge in [-0.25, -0.2) is 0 Å². The fraction of sp³-hybridized carbons (Fsp3) is 0. The maximum Gasteiger partial charge on any atom is 0.127 e. The second-order valence-corrected chi connectivity index (χ2v) is 1.49. The third-order valence-electron chi connectivity index (χ3n) is 0.843. The Bertz CT molecular complexity index is 138. The van der Waals surface area contributed by atoms with E-state index in [0.29, 0.717) is 0 Å². The molecule has 2 heteroatoms. The SMILES string of the molecule is [B-].[NH3+]c1ccccc1. The summed E-state index contributed by atoms with van der Waals surface area (Å²) in [4.78, 5) is 0. The van der Waals surface area contributed by atoms with Crippen molar-refractivity contribution in [2.75, 3.05) is 0 Å². The zero-order valence-corrected chi connectivity index (χ0v) is 4.67. The summed E-state index contributed by atoms with van der Waals surface area (Å²) in [5, 5.41) is 0. The first-order chi connectivity index (χ1) is 3.39. The lowest BCUT2D eigenvalue weighted by molar-refractivity contribution is -0.254. The summed E-state index contributed by atoms with van der Waals surface area (Å²) in [6.07, 6.45) is 0. The number of benzene rings is 1. The lowest BCUT2D eigenvalue weighted by Crippen LogP contribution is -2.39. The van der Waals surface area contributed by atoms with Gasteiger partial charge >= 0.3 is 0 Å². The van der Waals surface area contributed by atoms with Crippen LogP contribution in [0, 0.1) is 0 Å². The zero-order chi connectivity index (χ0) is 5.11. The van der Waals surface area contributed by atoms with Gasteiger partial charge in [-0.1, -0.05) is 18.2 Å². The van der Waals surface area contributed by atoms with Gasteiger partial charge in [0, 0.05) is 0 Å². The predicted octanol–water partition coefficient (Wildman–Crippen LogP) is 0.179. The van der Waals surface area contributed by atoms with E-state index in [0.717, 1.165) is 5.69 Å². The van der Waals surface area contributed by atoms with Gasteiger partial charge in [0.15, 0.2) is 0 Å². The van der Waals surface area contributed by atoms with Crippen LogP contribution >= 0.6 is 0 Å². The Balaban J connectivity index is 0.000000490. The molecular weight excluding hydrogens is 96.9 g/mol. The molecule has 3 N–H and O–H groups in total. The summed E-state index contributed by atoms with van der Waals surface area (Å²) in [6.45, 7) is 0. The fourth-order valence-corrected chi connectivity index (χ4v) is 0.478. The molecule has 1 rings (SSSR count). The third-order valence-corrected chi connectivity index (χ3v) is 0.843. The Kier molecular flexibility index (Phi) is 2.96. The van der Waals surface area contributed by atoms with Crippen molar-refractivity contribution in [3.63, 3.8) is 0 Å². The van der Waals surface area contributed by atoms with Crippen LogP contribution in [0.5, 0.6) is 0 Å². The van der Waals surface area contributed by atoms with Crippen LogP contribution in [0.3, 0.4) is 0 Å². The first-order valence-electron chi connectivity index (χ1n) is 2.26. The third kappa shape index (κ3) is 1.80. The lowest BCUT2D eigenvalue weighted by Gasteiger charge is -1.78. The largest absolute Gasteiger partial charge is 1.00 e. The molecule has 1 nitrogen and oxygen atoms in total. The Morgan fingerprint density at radius 1 is 1.00 bits per heavy atom. The van der Waals surface area contributed by atoms with E-state index in [1.807, 2.05) is 30.3 Å². The molecule has 0 aliphatic carbocycles. The van der Waals surface area contributed by atoms with Crippen LogP contribution in [-0.2, 0) is 0 Å². The van der Waals surface area contributed by atoms with E-state index in [1.54, 1.807) is 0 Å². The van der Waals surface area contributed by atoms with Gasteiger partial charge < -0.3 is 14.1 Å². The first kappa shape index (κ1) is 7.24. The van der Waals surface area contributed by atoms with Gasteiger partial charge in [0.05, 0.1) is 0 Å². The quantitative estimate of drug-likeness (QED) is 0.456. The minimum Gasteiger partial charge on any atom is -1.00 e. The van der Waals surface area contributed by atoms with E-state index in [1.165, 1.54) is 0 Å². The van der Waals surface area contributed by atoms with E-state index in [-0.39, 0.29) is 8.41 Å². The number of rotatable bonds is 0. The van der Waals surface area contributed by atoms with Crippen LogP contribution in [0.25, 0.3) is 0 Å². The van der Waals surface area contributed by atoms with Crippen LogP contribution in [-0.4, -0.2) is 8.41 Å². The molecule has 0 bridgehead atoms. The molecule has 8 heavy (non-hydrogen) atoms. The van der Waals surface area contributed by atoms with Crippen molar-refractivity contribution < 1.29 is 5.73 Å². The summed E-state index contributed by atoms with van der Waals surface area (Å²) in [5.41, 5.74) is 4.79. The molecule has 0 saturated heterocycles. The molecule has 40 valence electrons. The van der Waals surface area contributed by atoms with E-state index < -0.39 is 0 Å². The molecule has 4 radical (unpaired) electrons. The highest BCUT2D eigenvalue weighted by atomic mass is 14.5. The molecule has 0 spiro atoms. The van der Waals surface area contributed by atoms with Crippen molar-refractivity contribution in [2.45, 2.75) is 0 Å². The summed E-state index contributed by atoms with van der Waals surface area (Å²) in [7, 11) is 0. The minimum absolute atomic E-state index is 0. The van der Waals surface area contributed by atoms with Crippen LogP contribution in [0.1, 0.15) is 0 Å². The van der Waals surface area contributed by atoms with Crippen molar-refractivity contribution in [1.82, 2.24) is 0 Å². The maximum absolute atomic E-state index is 3.72. The zero-order valence-electron chi connectivity index (χ0n) is 4.67. The lowest BCUT2D eigenvalue weighted by atomic mass is 10.3. The summed E-state index contributed by atoms with van der Waals surface area (Å²) >= 11 is 0. The van der Waals surface area contributed by atoms with Crippen LogP contribution in [0.15, 0.2) is 30.3 Å². The van der Waals surface area contributed by atoms with Gasteiger partial charge in [0.1, 0.15) is 5.69 Å². The Labute approximate surface area is 51.1 Å². The number of hydrogen-bond donors (Lipinski definition) is 1. The van der Waals surface area contributed by atoms with Gasteiger partial charge in [-0.05, 0) is 12.1 Å². The van der Waals surface area contributed by atoms with E-state index in [4.69, 9.17) is 0 Å². The second kappa shape index (κ2) is 3.27.